The van der Waals surface area contributed by atoms with Crippen LogP contribution in [0.15, 0.2) is 41.3 Å². The summed E-state index contributed by atoms with van der Waals surface area (Å²) in [6, 6.07) is 9.81. The number of aromatic amines is 1. The molecule has 7 heteroatoms. The maximum atomic E-state index is 12.8. The van der Waals surface area contributed by atoms with E-state index in [9.17, 15) is 4.79 Å². The summed E-state index contributed by atoms with van der Waals surface area (Å²) in [5, 5.41) is 3.82. The van der Waals surface area contributed by atoms with Crippen molar-refractivity contribution in [2.45, 2.75) is 33.2 Å². The highest BCUT2D eigenvalue weighted by atomic mass is 16.5. The number of hydrogen-bond donors (Lipinski definition) is 3. The lowest BCUT2D eigenvalue weighted by molar-refractivity contribution is 0.0279. The molecule has 2 aromatic heterocycles. The monoisotopic (exact) mass is 327 g/mol. The summed E-state index contributed by atoms with van der Waals surface area (Å²) in [6.45, 7) is 4.40. The average Bonchev–Trinajstić information content (AvgIpc) is 2.96. The fraction of sp³-hybridized carbons (Fsp3) is 0.294. The molecule has 0 aliphatic carbocycles. The molecule has 3 rings (SSSR count). The third-order valence-corrected chi connectivity index (χ3v) is 3.70. The van der Waals surface area contributed by atoms with E-state index >= 15 is 0 Å². The number of benzene rings is 1. The van der Waals surface area contributed by atoms with Crippen LogP contribution in [0.25, 0.3) is 11.0 Å². The lowest BCUT2D eigenvalue weighted by Crippen LogP contribution is -2.27. The number of nitrogens with one attached hydrogen (secondary N) is 2. The number of nitrogens with zero attached hydrogens (tertiary/aromatic N) is 2. The molecule has 4 N–H and O–H groups in total. The molecule has 0 saturated heterocycles. The Hall–Kier alpha value is -2.80. The van der Waals surface area contributed by atoms with E-state index in [1.54, 1.807) is 6.20 Å². The Bertz CT molecular complexity index is 883. The minimum atomic E-state index is -0.204. The van der Waals surface area contributed by atoms with Gasteiger partial charge in [0.2, 0.25) is 5.95 Å². The fourth-order valence-corrected chi connectivity index (χ4v) is 2.43. The molecule has 0 atom stereocenters. The van der Waals surface area contributed by atoms with E-state index in [1.807, 2.05) is 44.2 Å². The Labute approximate surface area is 139 Å². The molecule has 0 radical (unpaired) electrons. The number of anilines is 2. The highest BCUT2D eigenvalue weighted by Gasteiger charge is 2.14. The lowest BCUT2D eigenvalue weighted by atomic mass is 10.2. The number of rotatable bonds is 6. The molecule has 3 aromatic rings. The molecule has 0 aliphatic heterocycles. The van der Waals surface area contributed by atoms with Crippen molar-refractivity contribution >= 4 is 22.7 Å². The van der Waals surface area contributed by atoms with Gasteiger partial charge < -0.3 is 20.8 Å². The van der Waals surface area contributed by atoms with Gasteiger partial charge in [-0.3, -0.25) is 9.36 Å². The first kappa shape index (κ1) is 16.1. The summed E-state index contributed by atoms with van der Waals surface area (Å²) in [7, 11) is 0. The summed E-state index contributed by atoms with van der Waals surface area (Å²) in [5.41, 5.74) is 7.99. The normalized spacial score (nSPS) is 11.3. The highest BCUT2D eigenvalue weighted by Crippen LogP contribution is 2.16. The van der Waals surface area contributed by atoms with Crippen LogP contribution < -0.4 is 16.6 Å². The largest absolute Gasteiger partial charge is 0.381 e. The first-order valence-corrected chi connectivity index (χ1v) is 7.83. The van der Waals surface area contributed by atoms with Gasteiger partial charge in [-0.2, -0.15) is 4.98 Å². The molecule has 0 saturated carbocycles. The average molecular weight is 327 g/mol. The second-order valence-electron chi connectivity index (χ2n) is 5.80. The van der Waals surface area contributed by atoms with Crippen molar-refractivity contribution in [3.63, 3.8) is 0 Å². The number of fused-ring (bicyclic) bond motifs is 1. The van der Waals surface area contributed by atoms with E-state index in [-0.39, 0.29) is 24.3 Å². The third-order valence-electron chi connectivity index (χ3n) is 3.70. The fourth-order valence-electron chi connectivity index (χ4n) is 2.43. The van der Waals surface area contributed by atoms with E-state index in [0.717, 1.165) is 11.3 Å². The zero-order valence-corrected chi connectivity index (χ0v) is 13.7. The molecule has 24 heavy (non-hydrogen) atoms. The quantitative estimate of drug-likeness (QED) is 0.645. The molecule has 0 amide bonds. The summed E-state index contributed by atoms with van der Waals surface area (Å²) < 4.78 is 6.85. The van der Waals surface area contributed by atoms with Gasteiger partial charge in [-0.15, -0.1) is 0 Å². The van der Waals surface area contributed by atoms with Crippen molar-refractivity contribution < 1.29 is 4.74 Å². The molecular weight excluding hydrogens is 306 g/mol. The number of ether oxygens (including phenoxy) is 1. The van der Waals surface area contributed by atoms with Crippen LogP contribution in [0.2, 0.25) is 0 Å². The number of H-pyrrole nitrogens is 1. The summed E-state index contributed by atoms with van der Waals surface area (Å²) in [4.78, 5) is 20.1. The summed E-state index contributed by atoms with van der Waals surface area (Å²) in [5.74, 6) is 0.137. The molecule has 7 nitrogen and oxygen atoms in total. The maximum absolute atomic E-state index is 12.8. The molecule has 2 heterocycles. The predicted molar refractivity (Wildman–Crippen MR) is 94.8 cm³/mol. The Kier molecular flexibility index (Phi) is 4.52. The molecule has 0 bridgehead atoms. The molecule has 126 valence electrons. The minimum absolute atomic E-state index is 0.00237. The molecule has 1 aromatic carbocycles. The van der Waals surface area contributed by atoms with Gasteiger partial charge in [-0.25, -0.2) is 0 Å². The van der Waals surface area contributed by atoms with Crippen molar-refractivity contribution in [3.8, 4) is 0 Å². The number of aromatic nitrogens is 3. The van der Waals surface area contributed by atoms with Crippen LogP contribution in [0, 0.1) is 0 Å². The van der Waals surface area contributed by atoms with Crippen molar-refractivity contribution in [3.05, 3.63) is 52.4 Å². The molecule has 0 fully saturated rings. The second-order valence-corrected chi connectivity index (χ2v) is 5.80. The van der Waals surface area contributed by atoms with Gasteiger partial charge in [0.05, 0.1) is 11.5 Å². The minimum Gasteiger partial charge on any atom is -0.381 e. The Balaban J connectivity index is 1.92. The highest BCUT2D eigenvalue weighted by molar-refractivity contribution is 5.80. The van der Waals surface area contributed by atoms with Crippen LogP contribution in [0.3, 0.4) is 0 Å². The van der Waals surface area contributed by atoms with Gasteiger partial charge in [0, 0.05) is 24.0 Å². The van der Waals surface area contributed by atoms with Crippen molar-refractivity contribution in [2.24, 2.45) is 0 Å². The van der Waals surface area contributed by atoms with Crippen LogP contribution >= 0.6 is 0 Å². The maximum Gasteiger partial charge on any atom is 0.266 e. The van der Waals surface area contributed by atoms with Gasteiger partial charge in [0.15, 0.2) is 0 Å². The Morgan fingerprint density at radius 1 is 1.33 bits per heavy atom. The Morgan fingerprint density at radius 2 is 2.08 bits per heavy atom. The first-order chi connectivity index (χ1) is 11.6. The topological polar surface area (TPSA) is 98.0 Å². The third kappa shape index (κ3) is 3.26. The Morgan fingerprint density at radius 3 is 2.79 bits per heavy atom. The van der Waals surface area contributed by atoms with Gasteiger partial charge in [-0.1, -0.05) is 18.2 Å². The van der Waals surface area contributed by atoms with Crippen LogP contribution in [0.4, 0.5) is 11.6 Å². The first-order valence-electron chi connectivity index (χ1n) is 7.83. The summed E-state index contributed by atoms with van der Waals surface area (Å²) >= 11 is 0. The number of nitrogens with two attached hydrogens (primary N) is 1. The standard InChI is InChI=1S/C17H21N5O2/c1-11(2)24-10-22-16(23)14-12(9-20-15(14)21-17(22)18)8-19-13-6-4-3-5-7-13/h3-7,9,11,19-20H,8,10H2,1-2H3,(H2,18,21). The molecular formula is C17H21N5O2. The van der Waals surface area contributed by atoms with Crippen LogP contribution in [0.5, 0.6) is 0 Å². The van der Waals surface area contributed by atoms with Crippen molar-refractivity contribution in [1.82, 2.24) is 14.5 Å². The van der Waals surface area contributed by atoms with E-state index < -0.39 is 0 Å². The molecule has 0 unspecified atom stereocenters. The number of para-hydroxylation sites is 1. The van der Waals surface area contributed by atoms with Gasteiger partial charge in [0.1, 0.15) is 12.4 Å². The second kappa shape index (κ2) is 6.76. The predicted octanol–water partition coefficient (Wildman–Crippen LogP) is 2.30. The number of hydrogen-bond acceptors (Lipinski definition) is 5. The molecule has 0 spiro atoms. The number of nitrogen functional groups attached to an aromatic ring is 1. The van der Waals surface area contributed by atoms with E-state index in [1.165, 1.54) is 4.57 Å². The van der Waals surface area contributed by atoms with Gasteiger partial charge >= 0.3 is 0 Å². The van der Waals surface area contributed by atoms with Crippen LogP contribution in [-0.4, -0.2) is 20.6 Å². The van der Waals surface area contributed by atoms with Gasteiger partial charge in [-0.05, 0) is 26.0 Å². The van der Waals surface area contributed by atoms with E-state index in [2.05, 4.69) is 15.3 Å². The zero-order chi connectivity index (χ0) is 17.1. The van der Waals surface area contributed by atoms with Crippen molar-refractivity contribution in [1.29, 1.82) is 0 Å². The lowest BCUT2D eigenvalue weighted by Gasteiger charge is -2.12. The van der Waals surface area contributed by atoms with Gasteiger partial charge in [0.25, 0.3) is 5.56 Å². The summed E-state index contributed by atoms with van der Waals surface area (Å²) in [6.07, 6.45) is 1.78. The SMILES string of the molecule is CC(C)OCn1c(N)nc2[nH]cc(CNc3ccccc3)c2c1=O. The van der Waals surface area contributed by atoms with E-state index in [0.29, 0.717) is 17.6 Å². The van der Waals surface area contributed by atoms with E-state index in [4.69, 9.17) is 10.5 Å². The molecule has 0 aliphatic rings. The smallest absolute Gasteiger partial charge is 0.266 e. The van der Waals surface area contributed by atoms with Crippen LogP contribution in [0.1, 0.15) is 19.4 Å². The van der Waals surface area contributed by atoms with Crippen LogP contribution in [-0.2, 0) is 18.0 Å². The van der Waals surface area contributed by atoms with Crippen molar-refractivity contribution in [2.75, 3.05) is 11.1 Å². The zero-order valence-electron chi connectivity index (χ0n) is 13.7.